The summed E-state index contributed by atoms with van der Waals surface area (Å²) >= 11 is 0. The van der Waals surface area contributed by atoms with Crippen LogP contribution < -0.4 is 10.2 Å². The van der Waals surface area contributed by atoms with Gasteiger partial charge in [-0.15, -0.1) is 0 Å². The van der Waals surface area contributed by atoms with Crippen LogP contribution in [0.5, 0.6) is 0 Å². The van der Waals surface area contributed by atoms with Gasteiger partial charge in [-0.25, -0.2) is 4.98 Å². The van der Waals surface area contributed by atoms with Crippen LogP contribution in [-0.2, 0) is 0 Å². The maximum Gasteiger partial charge on any atom is 0.253 e. The molecule has 1 saturated heterocycles. The highest BCUT2D eigenvalue weighted by Gasteiger charge is 2.19. The van der Waals surface area contributed by atoms with Crippen molar-refractivity contribution in [3.63, 3.8) is 0 Å². The summed E-state index contributed by atoms with van der Waals surface area (Å²) in [6, 6.07) is 8.28. The first kappa shape index (κ1) is 15.8. The summed E-state index contributed by atoms with van der Waals surface area (Å²) in [4.78, 5) is 19.6. The van der Waals surface area contributed by atoms with E-state index in [-0.39, 0.29) is 11.9 Å². The van der Waals surface area contributed by atoms with Crippen LogP contribution in [0.25, 0.3) is 10.8 Å². The summed E-state index contributed by atoms with van der Waals surface area (Å²) in [6.45, 7) is 6.20. The van der Waals surface area contributed by atoms with Crippen LogP contribution in [0.4, 0.5) is 5.82 Å². The maximum absolute atomic E-state index is 12.6. The molecule has 1 aliphatic rings. The monoisotopic (exact) mass is 311 g/mol. The zero-order valence-corrected chi connectivity index (χ0v) is 14.0. The lowest BCUT2D eigenvalue weighted by atomic mass is 10.0. The lowest BCUT2D eigenvalue weighted by Gasteiger charge is -2.29. The zero-order valence-electron chi connectivity index (χ0n) is 14.0. The van der Waals surface area contributed by atoms with Gasteiger partial charge in [0.25, 0.3) is 5.91 Å². The third-order valence-corrected chi connectivity index (χ3v) is 4.66. The lowest BCUT2D eigenvalue weighted by molar-refractivity contribution is 0.0940. The molecule has 0 saturated carbocycles. The molecule has 0 spiro atoms. The number of piperidine rings is 1. The first-order chi connectivity index (χ1) is 11.2. The van der Waals surface area contributed by atoms with Crippen LogP contribution >= 0.6 is 0 Å². The molecule has 1 aromatic heterocycles. The maximum atomic E-state index is 12.6. The third-order valence-electron chi connectivity index (χ3n) is 4.66. The van der Waals surface area contributed by atoms with Crippen molar-refractivity contribution < 1.29 is 4.79 Å². The molecule has 1 aromatic carbocycles. The van der Waals surface area contributed by atoms with Gasteiger partial charge in [0.1, 0.15) is 5.82 Å². The molecule has 2 aromatic rings. The van der Waals surface area contributed by atoms with Crippen molar-refractivity contribution in [2.75, 3.05) is 18.0 Å². The van der Waals surface area contributed by atoms with Gasteiger partial charge in [0.15, 0.2) is 0 Å². The number of amides is 1. The summed E-state index contributed by atoms with van der Waals surface area (Å²) in [7, 11) is 0. The molecule has 4 nitrogen and oxygen atoms in total. The first-order valence-corrected chi connectivity index (χ1v) is 8.64. The molecule has 122 valence electrons. The summed E-state index contributed by atoms with van der Waals surface area (Å²) < 4.78 is 0. The molecular weight excluding hydrogens is 286 g/mol. The molecule has 0 unspecified atom stereocenters. The van der Waals surface area contributed by atoms with E-state index in [9.17, 15) is 4.79 Å². The average Bonchev–Trinajstić information content (AvgIpc) is 2.61. The Bertz CT molecular complexity index is 692. The molecule has 0 aliphatic carbocycles. The molecule has 1 N–H and O–H groups in total. The number of benzene rings is 1. The number of fused-ring (bicyclic) bond motifs is 1. The van der Waals surface area contributed by atoms with E-state index in [0.29, 0.717) is 5.56 Å². The average molecular weight is 311 g/mol. The van der Waals surface area contributed by atoms with Crippen molar-refractivity contribution in [3.05, 3.63) is 36.0 Å². The van der Waals surface area contributed by atoms with Crippen molar-refractivity contribution in [2.24, 2.45) is 0 Å². The Hall–Kier alpha value is -2.10. The second-order valence-corrected chi connectivity index (χ2v) is 6.37. The fourth-order valence-electron chi connectivity index (χ4n) is 3.12. The molecule has 2 heterocycles. The van der Waals surface area contributed by atoms with E-state index in [1.165, 1.54) is 19.3 Å². The minimum atomic E-state index is -0.0340. The minimum absolute atomic E-state index is 0.0340. The predicted octanol–water partition coefficient (Wildman–Crippen LogP) is 3.75. The van der Waals surface area contributed by atoms with E-state index < -0.39 is 0 Å². The number of nitrogens with one attached hydrogen (secondary N) is 1. The molecule has 0 bridgehead atoms. The Morgan fingerprint density at radius 1 is 1.22 bits per heavy atom. The highest BCUT2D eigenvalue weighted by atomic mass is 16.1. The van der Waals surface area contributed by atoms with E-state index in [1.807, 2.05) is 25.1 Å². The molecule has 1 aliphatic heterocycles. The summed E-state index contributed by atoms with van der Waals surface area (Å²) in [5.41, 5.74) is 0.668. The number of hydrogen-bond donors (Lipinski definition) is 1. The van der Waals surface area contributed by atoms with Crippen molar-refractivity contribution in [1.82, 2.24) is 10.3 Å². The van der Waals surface area contributed by atoms with E-state index >= 15 is 0 Å². The highest BCUT2D eigenvalue weighted by Crippen LogP contribution is 2.29. The molecule has 0 radical (unpaired) electrons. The van der Waals surface area contributed by atoms with Gasteiger partial charge in [-0.1, -0.05) is 31.2 Å². The van der Waals surface area contributed by atoms with Gasteiger partial charge in [0.2, 0.25) is 0 Å². The van der Waals surface area contributed by atoms with Gasteiger partial charge in [-0.2, -0.15) is 0 Å². The van der Waals surface area contributed by atoms with Crippen molar-refractivity contribution in [2.45, 2.75) is 45.6 Å². The number of nitrogens with zero attached hydrogens (tertiary/aromatic N) is 2. The van der Waals surface area contributed by atoms with Gasteiger partial charge in [0.05, 0.1) is 5.56 Å². The Kier molecular flexibility index (Phi) is 4.79. The predicted molar refractivity (Wildman–Crippen MR) is 95.0 cm³/mol. The van der Waals surface area contributed by atoms with Gasteiger partial charge < -0.3 is 10.2 Å². The van der Waals surface area contributed by atoms with E-state index in [0.717, 1.165) is 36.1 Å². The molecule has 3 rings (SSSR count). The minimum Gasteiger partial charge on any atom is -0.356 e. The number of carbonyl (C=O) groups excluding carboxylic acids is 1. The standard InChI is InChI=1S/C19H25N3O/c1-3-14(2)21-19(23)17-13-20-18(22-11-7-4-8-12-22)16-10-6-5-9-15(16)17/h5-6,9-10,13-14H,3-4,7-8,11-12H2,1-2H3,(H,21,23)/t14-/m1/s1. The topological polar surface area (TPSA) is 45.2 Å². The Morgan fingerprint density at radius 2 is 1.91 bits per heavy atom. The normalized spacial score (nSPS) is 16.3. The SMILES string of the molecule is CC[C@@H](C)NC(=O)c1cnc(N2CCCCC2)c2ccccc12. The molecule has 1 fully saturated rings. The fourth-order valence-corrected chi connectivity index (χ4v) is 3.12. The zero-order chi connectivity index (χ0) is 16.2. The second kappa shape index (κ2) is 6.99. The number of rotatable bonds is 4. The Balaban J connectivity index is 2.00. The second-order valence-electron chi connectivity index (χ2n) is 6.37. The molecule has 1 atom stereocenters. The fraction of sp³-hybridized carbons (Fsp3) is 0.474. The quantitative estimate of drug-likeness (QED) is 0.935. The number of pyridine rings is 1. The molecular formula is C19H25N3O. The van der Waals surface area contributed by atoms with Crippen LogP contribution in [0.15, 0.2) is 30.5 Å². The van der Waals surface area contributed by atoms with Crippen molar-refractivity contribution in [3.8, 4) is 0 Å². The number of carbonyl (C=O) groups is 1. The summed E-state index contributed by atoms with van der Waals surface area (Å²) in [5.74, 6) is 0.980. The molecule has 23 heavy (non-hydrogen) atoms. The number of anilines is 1. The summed E-state index contributed by atoms with van der Waals surface area (Å²) in [6.07, 6.45) is 6.38. The van der Waals surface area contributed by atoms with Crippen LogP contribution in [-0.4, -0.2) is 30.0 Å². The van der Waals surface area contributed by atoms with Crippen LogP contribution in [0.2, 0.25) is 0 Å². The third kappa shape index (κ3) is 3.31. The number of hydrogen-bond acceptors (Lipinski definition) is 3. The van der Waals surface area contributed by atoms with E-state index in [4.69, 9.17) is 0 Å². The lowest BCUT2D eigenvalue weighted by Crippen LogP contribution is -2.33. The first-order valence-electron chi connectivity index (χ1n) is 8.64. The highest BCUT2D eigenvalue weighted by molar-refractivity contribution is 6.09. The van der Waals surface area contributed by atoms with Crippen LogP contribution in [0, 0.1) is 0 Å². The number of aromatic nitrogens is 1. The van der Waals surface area contributed by atoms with Gasteiger partial charge in [0, 0.05) is 30.7 Å². The van der Waals surface area contributed by atoms with Gasteiger partial charge >= 0.3 is 0 Å². The Labute approximate surface area is 137 Å². The van der Waals surface area contributed by atoms with E-state index in [2.05, 4.69) is 28.2 Å². The van der Waals surface area contributed by atoms with Crippen LogP contribution in [0.1, 0.15) is 49.9 Å². The van der Waals surface area contributed by atoms with Gasteiger partial charge in [-0.05, 0) is 38.0 Å². The van der Waals surface area contributed by atoms with E-state index in [1.54, 1.807) is 6.20 Å². The van der Waals surface area contributed by atoms with Gasteiger partial charge in [-0.3, -0.25) is 4.79 Å². The largest absolute Gasteiger partial charge is 0.356 e. The Morgan fingerprint density at radius 3 is 2.61 bits per heavy atom. The van der Waals surface area contributed by atoms with Crippen molar-refractivity contribution in [1.29, 1.82) is 0 Å². The molecule has 1 amide bonds. The van der Waals surface area contributed by atoms with Crippen molar-refractivity contribution >= 4 is 22.5 Å². The smallest absolute Gasteiger partial charge is 0.253 e. The summed E-state index contributed by atoms with van der Waals surface area (Å²) in [5, 5.41) is 5.11. The molecule has 4 heteroatoms. The van der Waals surface area contributed by atoms with Crippen LogP contribution in [0.3, 0.4) is 0 Å².